The molecule has 0 spiro atoms. The quantitative estimate of drug-likeness (QED) is 0.728. The van der Waals surface area contributed by atoms with Gasteiger partial charge in [-0.1, -0.05) is 0 Å². The van der Waals surface area contributed by atoms with Gasteiger partial charge in [0.15, 0.2) is 0 Å². The van der Waals surface area contributed by atoms with Crippen molar-refractivity contribution in [2.45, 2.75) is 19.4 Å². The fraction of sp³-hybridized carbons (Fsp3) is 0.385. The van der Waals surface area contributed by atoms with Crippen LogP contribution in [0.5, 0.6) is 5.75 Å². The molecule has 1 aromatic rings. The van der Waals surface area contributed by atoms with E-state index in [1.165, 1.54) is 0 Å². The molecular weight excluding hydrogens is 282 g/mol. The van der Waals surface area contributed by atoms with E-state index in [1.807, 2.05) is 0 Å². The summed E-state index contributed by atoms with van der Waals surface area (Å²) in [6.07, 6.45) is 0.305. The molecule has 0 heterocycles. The predicted molar refractivity (Wildman–Crippen MR) is 80.1 cm³/mol. The lowest BCUT2D eigenvalue weighted by Gasteiger charge is -2.09. The zero-order chi connectivity index (χ0) is 14.3. The van der Waals surface area contributed by atoms with Crippen molar-refractivity contribution in [2.24, 2.45) is 5.73 Å². The number of carbonyl (C=O) groups is 2. The molecule has 4 N–H and O–H groups in total. The average Bonchev–Trinajstić information content (AvgIpc) is 2.40. The number of rotatable bonds is 6. The summed E-state index contributed by atoms with van der Waals surface area (Å²) in [5, 5.41) is 5.18. The molecule has 0 unspecified atom stereocenters. The fourth-order valence-electron chi connectivity index (χ4n) is 1.28. The number of halogens is 1. The molecule has 0 aliphatic rings. The van der Waals surface area contributed by atoms with Crippen LogP contribution in [0.25, 0.3) is 0 Å². The third kappa shape index (κ3) is 6.40. The monoisotopic (exact) mass is 301 g/mol. The van der Waals surface area contributed by atoms with Crippen LogP contribution in [0.2, 0.25) is 0 Å². The van der Waals surface area contributed by atoms with E-state index < -0.39 is 6.04 Å². The van der Waals surface area contributed by atoms with Crippen molar-refractivity contribution in [2.75, 3.05) is 19.0 Å². The minimum atomic E-state index is -0.552. The zero-order valence-corrected chi connectivity index (χ0v) is 12.3. The first-order chi connectivity index (χ1) is 9.02. The van der Waals surface area contributed by atoms with Crippen LogP contribution < -0.4 is 21.1 Å². The lowest BCUT2D eigenvalue weighted by atomic mass is 10.2. The molecule has 2 amide bonds. The van der Waals surface area contributed by atoms with Crippen molar-refractivity contribution in [1.82, 2.24) is 5.32 Å². The van der Waals surface area contributed by atoms with Gasteiger partial charge in [-0.05, 0) is 31.2 Å². The molecule has 1 rings (SSSR count). The van der Waals surface area contributed by atoms with Crippen molar-refractivity contribution in [1.29, 1.82) is 0 Å². The molecule has 6 nitrogen and oxygen atoms in total. The Kier molecular flexibility index (Phi) is 8.35. The molecule has 0 fully saturated rings. The second kappa shape index (κ2) is 9.17. The van der Waals surface area contributed by atoms with E-state index in [4.69, 9.17) is 10.5 Å². The number of carbonyl (C=O) groups excluding carboxylic acids is 2. The number of nitrogens with two attached hydrogens (primary N) is 1. The Morgan fingerprint density at radius 3 is 2.40 bits per heavy atom. The molecule has 0 radical (unpaired) electrons. The molecule has 0 saturated heterocycles. The Labute approximate surface area is 124 Å². The molecule has 1 atom stereocenters. The highest BCUT2D eigenvalue weighted by Gasteiger charge is 2.07. The summed E-state index contributed by atoms with van der Waals surface area (Å²) in [7, 11) is 1.58. The Hall–Kier alpha value is -1.79. The van der Waals surface area contributed by atoms with Crippen LogP contribution in [0.1, 0.15) is 13.3 Å². The number of amides is 2. The van der Waals surface area contributed by atoms with Crippen LogP contribution in [0.4, 0.5) is 5.69 Å². The maximum atomic E-state index is 11.4. The number of hydrogen-bond donors (Lipinski definition) is 3. The van der Waals surface area contributed by atoms with E-state index >= 15 is 0 Å². The summed E-state index contributed by atoms with van der Waals surface area (Å²) in [4.78, 5) is 22.4. The Bertz CT molecular complexity index is 435. The van der Waals surface area contributed by atoms with E-state index in [9.17, 15) is 9.59 Å². The third-order valence-electron chi connectivity index (χ3n) is 2.41. The topological polar surface area (TPSA) is 93.5 Å². The second-order valence-corrected chi connectivity index (χ2v) is 4.07. The maximum absolute atomic E-state index is 11.4. The van der Waals surface area contributed by atoms with Gasteiger partial charge in [-0.15, -0.1) is 12.4 Å². The minimum absolute atomic E-state index is 0. The number of nitrogens with one attached hydrogen (secondary N) is 2. The van der Waals surface area contributed by atoms with E-state index in [2.05, 4.69) is 10.6 Å². The second-order valence-electron chi connectivity index (χ2n) is 4.07. The number of ether oxygens (including phenoxy) is 1. The van der Waals surface area contributed by atoms with Gasteiger partial charge in [0, 0.05) is 12.7 Å². The lowest BCUT2D eigenvalue weighted by molar-refractivity contribution is -0.121. The molecule has 1 aromatic carbocycles. The molecule has 0 bridgehead atoms. The molecule has 0 aliphatic carbocycles. The summed E-state index contributed by atoms with van der Waals surface area (Å²) in [6.45, 7) is 1.93. The molecule has 7 heteroatoms. The van der Waals surface area contributed by atoms with Gasteiger partial charge in [0.05, 0.1) is 19.1 Å². The van der Waals surface area contributed by atoms with Gasteiger partial charge in [0.1, 0.15) is 5.75 Å². The summed E-state index contributed by atoms with van der Waals surface area (Å²) >= 11 is 0. The van der Waals surface area contributed by atoms with E-state index in [0.29, 0.717) is 24.5 Å². The minimum Gasteiger partial charge on any atom is -0.493 e. The summed E-state index contributed by atoms with van der Waals surface area (Å²) in [6, 6.07) is 6.33. The fourth-order valence-corrected chi connectivity index (χ4v) is 1.28. The van der Waals surface area contributed by atoms with Crippen molar-refractivity contribution in [3.8, 4) is 5.75 Å². The SMILES string of the molecule is CNC(=O)CCOc1ccc(NC(=O)[C@@H](C)N)cc1.Cl. The van der Waals surface area contributed by atoms with Gasteiger partial charge >= 0.3 is 0 Å². The first-order valence-corrected chi connectivity index (χ1v) is 6.03. The van der Waals surface area contributed by atoms with Crippen LogP contribution >= 0.6 is 12.4 Å². The highest BCUT2D eigenvalue weighted by atomic mass is 35.5. The first kappa shape index (κ1) is 18.2. The third-order valence-corrected chi connectivity index (χ3v) is 2.41. The Morgan fingerprint density at radius 1 is 1.30 bits per heavy atom. The normalized spacial score (nSPS) is 10.9. The van der Waals surface area contributed by atoms with Crippen LogP contribution in [-0.4, -0.2) is 31.5 Å². The summed E-state index contributed by atoms with van der Waals surface area (Å²) in [5.74, 6) is 0.330. The average molecular weight is 302 g/mol. The van der Waals surface area contributed by atoms with Gasteiger partial charge < -0.3 is 21.1 Å². The number of anilines is 1. The van der Waals surface area contributed by atoms with Gasteiger partial charge in [-0.25, -0.2) is 0 Å². The number of benzene rings is 1. The van der Waals surface area contributed by atoms with Crippen LogP contribution in [0, 0.1) is 0 Å². The maximum Gasteiger partial charge on any atom is 0.240 e. The van der Waals surface area contributed by atoms with Gasteiger partial charge in [0.25, 0.3) is 0 Å². The van der Waals surface area contributed by atoms with Gasteiger partial charge in [0.2, 0.25) is 11.8 Å². The molecule has 20 heavy (non-hydrogen) atoms. The van der Waals surface area contributed by atoms with E-state index in [0.717, 1.165) is 0 Å². The predicted octanol–water partition coefficient (Wildman–Crippen LogP) is 0.909. The molecule has 0 saturated carbocycles. The van der Waals surface area contributed by atoms with Crippen LogP contribution in [0.15, 0.2) is 24.3 Å². The van der Waals surface area contributed by atoms with Crippen molar-refractivity contribution >= 4 is 29.9 Å². The van der Waals surface area contributed by atoms with Crippen LogP contribution in [0.3, 0.4) is 0 Å². The smallest absolute Gasteiger partial charge is 0.240 e. The lowest BCUT2D eigenvalue weighted by Crippen LogP contribution is -2.32. The van der Waals surface area contributed by atoms with Crippen LogP contribution in [-0.2, 0) is 9.59 Å². The summed E-state index contributed by atoms with van der Waals surface area (Å²) in [5.41, 5.74) is 6.10. The van der Waals surface area contributed by atoms with Gasteiger partial charge in [-0.3, -0.25) is 9.59 Å². The molecule has 0 aromatic heterocycles. The first-order valence-electron chi connectivity index (χ1n) is 6.03. The largest absolute Gasteiger partial charge is 0.493 e. The molecule has 0 aliphatic heterocycles. The van der Waals surface area contributed by atoms with E-state index in [-0.39, 0.29) is 24.2 Å². The van der Waals surface area contributed by atoms with Crippen molar-refractivity contribution < 1.29 is 14.3 Å². The summed E-state index contributed by atoms with van der Waals surface area (Å²) < 4.78 is 5.39. The van der Waals surface area contributed by atoms with Crippen molar-refractivity contribution in [3.05, 3.63) is 24.3 Å². The number of hydrogen-bond acceptors (Lipinski definition) is 4. The highest BCUT2D eigenvalue weighted by Crippen LogP contribution is 2.15. The standard InChI is InChI=1S/C13H19N3O3.ClH/c1-9(14)13(18)16-10-3-5-11(6-4-10)19-8-7-12(17)15-2;/h3-6,9H,7-8,14H2,1-2H3,(H,15,17)(H,16,18);1H/t9-;/m1./s1. The van der Waals surface area contributed by atoms with Crippen molar-refractivity contribution in [3.63, 3.8) is 0 Å². The molecule has 112 valence electrons. The van der Waals surface area contributed by atoms with Gasteiger partial charge in [-0.2, -0.15) is 0 Å². The zero-order valence-electron chi connectivity index (χ0n) is 11.5. The molecular formula is C13H20ClN3O3. The highest BCUT2D eigenvalue weighted by molar-refractivity contribution is 5.94. The Balaban J connectivity index is 0.00000361. The Morgan fingerprint density at radius 2 is 1.90 bits per heavy atom. The van der Waals surface area contributed by atoms with E-state index in [1.54, 1.807) is 38.2 Å².